The maximum absolute atomic E-state index is 9.01. The van der Waals surface area contributed by atoms with Gasteiger partial charge in [-0.3, -0.25) is 0 Å². The van der Waals surface area contributed by atoms with Crippen LogP contribution in [-0.2, 0) is 4.74 Å². The molecule has 0 radical (unpaired) electrons. The summed E-state index contributed by atoms with van der Waals surface area (Å²) in [6.07, 6.45) is 2.08. The molecule has 3 nitrogen and oxygen atoms in total. The van der Waals surface area contributed by atoms with Crippen molar-refractivity contribution in [2.24, 2.45) is 5.92 Å². The Morgan fingerprint density at radius 1 is 1.41 bits per heavy atom. The third-order valence-corrected chi connectivity index (χ3v) is 3.37. The van der Waals surface area contributed by atoms with Crippen molar-refractivity contribution in [2.75, 3.05) is 19.8 Å². The Kier molecular flexibility index (Phi) is 4.41. The Balaban J connectivity index is 1.96. The van der Waals surface area contributed by atoms with E-state index < -0.39 is 0 Å². The lowest BCUT2D eigenvalue weighted by atomic mass is 10.0. The van der Waals surface area contributed by atoms with Crippen molar-refractivity contribution in [3.63, 3.8) is 0 Å². The average Bonchev–Trinajstić information content (AvgIpc) is 2.38. The van der Waals surface area contributed by atoms with E-state index in [1.807, 2.05) is 12.1 Å². The van der Waals surface area contributed by atoms with Crippen molar-refractivity contribution in [1.29, 1.82) is 5.26 Å². The van der Waals surface area contributed by atoms with Gasteiger partial charge in [-0.25, -0.2) is 0 Å². The van der Waals surface area contributed by atoms with Crippen molar-refractivity contribution >= 4 is 15.9 Å². The van der Waals surface area contributed by atoms with E-state index in [0.29, 0.717) is 23.8 Å². The van der Waals surface area contributed by atoms with E-state index in [4.69, 9.17) is 14.7 Å². The van der Waals surface area contributed by atoms with Gasteiger partial charge in [0.15, 0.2) is 0 Å². The molecule has 0 aliphatic carbocycles. The van der Waals surface area contributed by atoms with Crippen molar-refractivity contribution < 1.29 is 9.47 Å². The second kappa shape index (κ2) is 6.04. The Hall–Kier alpha value is -1.05. The fourth-order valence-corrected chi connectivity index (χ4v) is 2.20. The highest BCUT2D eigenvalue weighted by atomic mass is 79.9. The first-order valence-electron chi connectivity index (χ1n) is 5.70. The Morgan fingerprint density at radius 3 is 2.88 bits per heavy atom. The van der Waals surface area contributed by atoms with E-state index in [9.17, 15) is 0 Å². The van der Waals surface area contributed by atoms with E-state index in [2.05, 4.69) is 22.0 Å². The van der Waals surface area contributed by atoms with E-state index in [-0.39, 0.29) is 0 Å². The van der Waals surface area contributed by atoms with Gasteiger partial charge in [0.1, 0.15) is 11.8 Å². The lowest BCUT2D eigenvalue weighted by Gasteiger charge is -2.22. The molecule has 1 aromatic carbocycles. The summed E-state index contributed by atoms with van der Waals surface area (Å²) in [7, 11) is 0. The lowest BCUT2D eigenvalue weighted by Crippen LogP contribution is -2.21. The Morgan fingerprint density at radius 2 is 2.18 bits per heavy atom. The van der Waals surface area contributed by atoms with Gasteiger partial charge in [-0.05, 0) is 37.0 Å². The maximum atomic E-state index is 9.01. The molecular formula is C13H14BrNO2. The third kappa shape index (κ3) is 3.45. The van der Waals surface area contributed by atoms with Crippen molar-refractivity contribution in [1.82, 2.24) is 0 Å². The summed E-state index contributed by atoms with van der Waals surface area (Å²) in [6, 6.07) is 7.65. The van der Waals surface area contributed by atoms with Crippen LogP contribution >= 0.6 is 15.9 Å². The van der Waals surface area contributed by atoms with Gasteiger partial charge in [0.25, 0.3) is 0 Å². The quantitative estimate of drug-likeness (QED) is 0.860. The highest BCUT2D eigenvalue weighted by Crippen LogP contribution is 2.24. The zero-order valence-corrected chi connectivity index (χ0v) is 11.1. The van der Waals surface area contributed by atoms with E-state index >= 15 is 0 Å². The molecule has 0 N–H and O–H groups in total. The maximum Gasteiger partial charge on any atom is 0.137 e. The van der Waals surface area contributed by atoms with Crippen molar-refractivity contribution in [3.8, 4) is 11.8 Å². The highest BCUT2D eigenvalue weighted by Gasteiger charge is 2.15. The predicted molar refractivity (Wildman–Crippen MR) is 67.9 cm³/mol. The van der Waals surface area contributed by atoms with Gasteiger partial charge in [0.2, 0.25) is 0 Å². The minimum Gasteiger partial charge on any atom is -0.492 e. The number of nitrogens with zero attached hydrogens (tertiary/aromatic N) is 1. The molecule has 0 aromatic heterocycles. The molecule has 4 heteroatoms. The second-order valence-corrected chi connectivity index (χ2v) is 5.03. The first kappa shape index (κ1) is 12.4. The molecule has 1 aliphatic rings. The van der Waals surface area contributed by atoms with Crippen molar-refractivity contribution in [2.45, 2.75) is 12.8 Å². The van der Waals surface area contributed by atoms with Crippen molar-refractivity contribution in [3.05, 3.63) is 28.2 Å². The normalized spacial score (nSPS) is 16.5. The van der Waals surface area contributed by atoms with Crippen LogP contribution in [0, 0.1) is 17.2 Å². The van der Waals surface area contributed by atoms with Gasteiger partial charge in [-0.1, -0.05) is 15.9 Å². The highest BCUT2D eigenvalue weighted by molar-refractivity contribution is 9.10. The minimum absolute atomic E-state index is 0.541. The average molecular weight is 296 g/mol. The van der Waals surface area contributed by atoms with Crippen LogP contribution in [0.25, 0.3) is 0 Å². The molecule has 0 unspecified atom stereocenters. The summed E-state index contributed by atoms with van der Waals surface area (Å²) in [4.78, 5) is 0. The second-order valence-electron chi connectivity index (χ2n) is 4.12. The molecule has 0 bridgehead atoms. The summed E-state index contributed by atoms with van der Waals surface area (Å²) in [5, 5.41) is 9.01. The minimum atomic E-state index is 0.541. The van der Waals surface area contributed by atoms with Gasteiger partial charge < -0.3 is 9.47 Å². The van der Waals surface area contributed by atoms with Crippen LogP contribution in [0.2, 0.25) is 0 Å². The number of rotatable bonds is 3. The molecule has 0 amide bonds. The van der Waals surface area contributed by atoms with E-state index in [1.54, 1.807) is 6.07 Å². The van der Waals surface area contributed by atoms with Crippen LogP contribution < -0.4 is 4.74 Å². The zero-order chi connectivity index (χ0) is 12.1. The molecule has 0 atom stereocenters. The van der Waals surface area contributed by atoms with Crippen LogP contribution in [-0.4, -0.2) is 19.8 Å². The molecule has 2 rings (SSSR count). The first-order valence-corrected chi connectivity index (χ1v) is 6.49. The summed E-state index contributed by atoms with van der Waals surface area (Å²) in [6.45, 7) is 2.30. The predicted octanol–water partition coefficient (Wildman–Crippen LogP) is 3.13. The summed E-state index contributed by atoms with van der Waals surface area (Å²) in [5.41, 5.74) is 0.575. The van der Waals surface area contributed by atoms with Gasteiger partial charge in [-0.2, -0.15) is 5.26 Å². The van der Waals surface area contributed by atoms with Crippen LogP contribution in [0.5, 0.6) is 5.75 Å². The van der Waals surface area contributed by atoms with Crippen LogP contribution in [0.1, 0.15) is 18.4 Å². The van der Waals surface area contributed by atoms with Gasteiger partial charge >= 0.3 is 0 Å². The molecule has 1 aliphatic heterocycles. The molecule has 1 aromatic rings. The van der Waals surface area contributed by atoms with Gasteiger partial charge in [0, 0.05) is 17.7 Å². The summed E-state index contributed by atoms with van der Waals surface area (Å²) in [5.74, 6) is 1.21. The first-order chi connectivity index (χ1) is 8.29. The Labute approximate surface area is 109 Å². The molecule has 17 heavy (non-hydrogen) atoms. The molecular weight excluding hydrogens is 282 g/mol. The fourth-order valence-electron chi connectivity index (χ4n) is 1.84. The number of hydrogen-bond donors (Lipinski definition) is 0. The van der Waals surface area contributed by atoms with Crippen LogP contribution in [0.3, 0.4) is 0 Å². The Bertz CT molecular complexity index is 422. The standard InChI is InChI=1S/C13H14BrNO2/c14-12-1-2-13(11(7-12)8-15)17-9-10-3-5-16-6-4-10/h1-2,7,10H,3-6,9H2. The van der Waals surface area contributed by atoms with Gasteiger partial charge in [-0.15, -0.1) is 0 Å². The molecule has 0 spiro atoms. The number of nitriles is 1. The summed E-state index contributed by atoms with van der Waals surface area (Å²) >= 11 is 3.34. The topological polar surface area (TPSA) is 42.2 Å². The molecule has 1 heterocycles. The zero-order valence-electron chi connectivity index (χ0n) is 9.49. The lowest BCUT2D eigenvalue weighted by molar-refractivity contribution is 0.0497. The molecule has 90 valence electrons. The third-order valence-electron chi connectivity index (χ3n) is 2.88. The number of hydrogen-bond acceptors (Lipinski definition) is 3. The van der Waals surface area contributed by atoms with Crippen LogP contribution in [0.15, 0.2) is 22.7 Å². The molecule has 1 fully saturated rings. The molecule has 0 saturated carbocycles. The number of ether oxygens (including phenoxy) is 2. The smallest absolute Gasteiger partial charge is 0.137 e. The number of benzene rings is 1. The van der Waals surface area contributed by atoms with E-state index in [1.165, 1.54) is 0 Å². The monoisotopic (exact) mass is 295 g/mol. The van der Waals surface area contributed by atoms with E-state index in [0.717, 1.165) is 30.5 Å². The molecule has 1 saturated heterocycles. The van der Waals surface area contributed by atoms with Crippen LogP contribution in [0.4, 0.5) is 0 Å². The van der Waals surface area contributed by atoms with Gasteiger partial charge in [0.05, 0.1) is 12.2 Å². The summed E-state index contributed by atoms with van der Waals surface area (Å²) < 4.78 is 11.9. The SMILES string of the molecule is N#Cc1cc(Br)ccc1OCC1CCOCC1. The largest absolute Gasteiger partial charge is 0.492 e. The number of halogens is 1. The fraction of sp³-hybridized carbons (Fsp3) is 0.462.